The molecule has 1 amide bonds. The number of rotatable bonds is 7. The summed E-state index contributed by atoms with van der Waals surface area (Å²) in [4.78, 5) is 27.7. The number of hydrogen-bond acceptors (Lipinski definition) is 4. The van der Waals surface area contributed by atoms with Crippen LogP contribution in [0.5, 0.6) is 0 Å². The molecule has 4 rings (SSSR count). The molecule has 29 heavy (non-hydrogen) atoms. The summed E-state index contributed by atoms with van der Waals surface area (Å²) in [6.07, 6.45) is 3.26. The minimum Gasteiger partial charge on any atom is -0.354 e. The smallest absolute Gasteiger partial charge is 0.275 e. The van der Waals surface area contributed by atoms with E-state index >= 15 is 0 Å². The highest BCUT2D eigenvalue weighted by Gasteiger charge is 2.30. The van der Waals surface area contributed by atoms with Crippen LogP contribution < -0.4 is 10.9 Å². The van der Waals surface area contributed by atoms with Crippen molar-refractivity contribution >= 4 is 16.7 Å². The number of hydrogen-bond donors (Lipinski definition) is 1. The van der Waals surface area contributed by atoms with Gasteiger partial charge in [0.05, 0.1) is 12.1 Å². The van der Waals surface area contributed by atoms with Gasteiger partial charge in [-0.05, 0) is 36.5 Å². The van der Waals surface area contributed by atoms with E-state index in [1.165, 1.54) is 15.8 Å². The van der Waals surface area contributed by atoms with Gasteiger partial charge in [-0.15, -0.1) is 0 Å². The molecule has 6 nitrogen and oxygen atoms in total. The number of fused-ring (bicyclic) bond motifs is 1. The molecule has 0 saturated heterocycles. The fraction of sp³-hybridized carbons (Fsp3) is 0.348. The molecule has 1 fully saturated rings. The van der Waals surface area contributed by atoms with Crippen LogP contribution in [-0.2, 0) is 19.6 Å². The molecule has 1 aliphatic carbocycles. The molecule has 2 aromatic carbocycles. The summed E-state index contributed by atoms with van der Waals surface area (Å²) in [6.45, 7) is 3.27. The highest BCUT2D eigenvalue weighted by molar-refractivity contribution is 6.04. The number of carbonyl (C=O) groups excluding carboxylic acids is 1. The first-order valence-electron chi connectivity index (χ1n) is 10.1. The second-order valence-corrected chi connectivity index (χ2v) is 7.57. The van der Waals surface area contributed by atoms with Crippen LogP contribution in [0.1, 0.15) is 41.4 Å². The Bertz CT molecular complexity index is 1080. The van der Waals surface area contributed by atoms with Crippen molar-refractivity contribution in [2.75, 3.05) is 7.05 Å². The molecule has 0 unspecified atom stereocenters. The normalized spacial score (nSPS) is 13.8. The van der Waals surface area contributed by atoms with Crippen molar-refractivity contribution in [3.63, 3.8) is 0 Å². The van der Waals surface area contributed by atoms with Gasteiger partial charge < -0.3 is 5.32 Å². The number of nitrogens with one attached hydrogen (secondary N) is 1. The lowest BCUT2D eigenvalue weighted by Crippen LogP contribution is -2.36. The summed E-state index contributed by atoms with van der Waals surface area (Å²) < 4.78 is 1.44. The van der Waals surface area contributed by atoms with Crippen LogP contribution in [0.3, 0.4) is 0 Å². The number of nitrogens with zero attached hydrogens (tertiary/aromatic N) is 3. The van der Waals surface area contributed by atoms with E-state index in [-0.39, 0.29) is 17.2 Å². The molecule has 3 aromatic rings. The Morgan fingerprint density at radius 3 is 2.38 bits per heavy atom. The third-order valence-corrected chi connectivity index (χ3v) is 5.51. The Kier molecular flexibility index (Phi) is 5.45. The lowest BCUT2D eigenvalue weighted by atomic mass is 10.1. The van der Waals surface area contributed by atoms with Gasteiger partial charge in [-0.2, -0.15) is 5.10 Å². The van der Waals surface area contributed by atoms with Gasteiger partial charge in [-0.3, -0.25) is 14.5 Å². The van der Waals surface area contributed by atoms with Crippen molar-refractivity contribution in [3.8, 4) is 0 Å². The average molecular weight is 390 g/mol. The molecule has 1 heterocycles. The van der Waals surface area contributed by atoms with E-state index in [1.54, 1.807) is 19.2 Å². The van der Waals surface area contributed by atoms with Crippen LogP contribution in [0.2, 0.25) is 0 Å². The van der Waals surface area contributed by atoms with E-state index in [2.05, 4.69) is 46.5 Å². The van der Waals surface area contributed by atoms with Gasteiger partial charge in [0, 0.05) is 25.0 Å². The Morgan fingerprint density at radius 1 is 1.10 bits per heavy atom. The zero-order chi connectivity index (χ0) is 20.4. The summed E-state index contributed by atoms with van der Waals surface area (Å²) in [5.41, 5.74) is 2.65. The molecule has 0 radical (unpaired) electrons. The van der Waals surface area contributed by atoms with Gasteiger partial charge in [0.25, 0.3) is 11.5 Å². The van der Waals surface area contributed by atoms with E-state index in [1.807, 2.05) is 12.1 Å². The van der Waals surface area contributed by atoms with E-state index in [0.717, 1.165) is 25.8 Å². The highest BCUT2D eigenvalue weighted by atomic mass is 16.2. The average Bonchev–Trinajstić information content (AvgIpc) is 3.60. The third-order valence-electron chi connectivity index (χ3n) is 5.51. The molecule has 150 valence electrons. The van der Waals surface area contributed by atoms with Crippen molar-refractivity contribution in [2.45, 2.75) is 45.4 Å². The molecule has 6 heteroatoms. The van der Waals surface area contributed by atoms with Crippen molar-refractivity contribution in [2.24, 2.45) is 0 Å². The zero-order valence-electron chi connectivity index (χ0n) is 16.9. The van der Waals surface area contributed by atoms with E-state index in [4.69, 9.17) is 0 Å². The number of carbonyl (C=O) groups is 1. The molecule has 0 spiro atoms. The van der Waals surface area contributed by atoms with Crippen molar-refractivity contribution in [3.05, 3.63) is 75.7 Å². The number of benzene rings is 2. The summed E-state index contributed by atoms with van der Waals surface area (Å²) in [5, 5.41) is 8.17. The van der Waals surface area contributed by atoms with Crippen LogP contribution in [-0.4, -0.2) is 33.7 Å². The first-order valence-corrected chi connectivity index (χ1v) is 10.1. The number of aromatic nitrogens is 2. The van der Waals surface area contributed by atoms with Gasteiger partial charge in [0.1, 0.15) is 0 Å². The molecular weight excluding hydrogens is 364 g/mol. The summed E-state index contributed by atoms with van der Waals surface area (Å²) in [5.74, 6) is -0.289. The lowest BCUT2D eigenvalue weighted by molar-refractivity contribution is 0.0955. The highest BCUT2D eigenvalue weighted by Crippen LogP contribution is 2.29. The van der Waals surface area contributed by atoms with Crippen LogP contribution in [0.25, 0.3) is 10.8 Å². The molecule has 1 aliphatic rings. The molecule has 1 aromatic heterocycles. The fourth-order valence-electron chi connectivity index (χ4n) is 3.64. The van der Waals surface area contributed by atoms with Crippen LogP contribution in [0.15, 0.2) is 53.3 Å². The van der Waals surface area contributed by atoms with Crippen molar-refractivity contribution in [1.82, 2.24) is 20.0 Å². The quantitative estimate of drug-likeness (QED) is 0.674. The molecular formula is C23H26N4O2. The fourth-order valence-corrected chi connectivity index (χ4v) is 3.64. The predicted octanol–water partition coefficient (Wildman–Crippen LogP) is 2.94. The lowest BCUT2D eigenvalue weighted by Gasteiger charge is -2.23. The topological polar surface area (TPSA) is 67.2 Å². The van der Waals surface area contributed by atoms with Crippen molar-refractivity contribution < 1.29 is 4.79 Å². The van der Waals surface area contributed by atoms with E-state index in [0.29, 0.717) is 23.5 Å². The maximum Gasteiger partial charge on any atom is 0.275 e. The van der Waals surface area contributed by atoms with Crippen LogP contribution in [0.4, 0.5) is 0 Å². The van der Waals surface area contributed by atoms with Gasteiger partial charge in [-0.1, -0.05) is 49.4 Å². The SMILES string of the molecule is CCc1ccc(CN(Cn2nc(C(=O)NC)c3ccccc3c2=O)C2CC2)cc1. The predicted molar refractivity (Wildman–Crippen MR) is 114 cm³/mol. The van der Waals surface area contributed by atoms with Crippen LogP contribution in [0, 0.1) is 0 Å². The van der Waals surface area contributed by atoms with Gasteiger partial charge >= 0.3 is 0 Å². The largest absolute Gasteiger partial charge is 0.354 e. The Hall–Kier alpha value is -2.99. The summed E-state index contributed by atoms with van der Waals surface area (Å²) >= 11 is 0. The van der Waals surface area contributed by atoms with Crippen LogP contribution >= 0.6 is 0 Å². The van der Waals surface area contributed by atoms with Gasteiger partial charge in [0.15, 0.2) is 5.69 Å². The minimum atomic E-state index is -0.289. The third kappa shape index (κ3) is 4.07. The molecule has 0 bridgehead atoms. The van der Waals surface area contributed by atoms with E-state index in [9.17, 15) is 9.59 Å². The second kappa shape index (κ2) is 8.17. The summed E-state index contributed by atoms with van der Waals surface area (Å²) in [6, 6.07) is 16.2. The van der Waals surface area contributed by atoms with Gasteiger partial charge in [0.2, 0.25) is 0 Å². The minimum absolute atomic E-state index is 0.166. The Morgan fingerprint density at radius 2 is 1.76 bits per heavy atom. The number of amides is 1. The second-order valence-electron chi connectivity index (χ2n) is 7.57. The van der Waals surface area contributed by atoms with E-state index < -0.39 is 0 Å². The monoisotopic (exact) mass is 390 g/mol. The Labute approximate surface area is 170 Å². The maximum atomic E-state index is 13.0. The molecule has 0 aliphatic heterocycles. The maximum absolute atomic E-state index is 13.0. The molecule has 1 saturated carbocycles. The molecule has 1 N–H and O–H groups in total. The first-order chi connectivity index (χ1) is 14.1. The first kappa shape index (κ1) is 19.3. The van der Waals surface area contributed by atoms with Gasteiger partial charge in [-0.25, -0.2) is 4.68 Å². The van der Waals surface area contributed by atoms with Crippen molar-refractivity contribution in [1.29, 1.82) is 0 Å². The zero-order valence-corrected chi connectivity index (χ0v) is 16.9. The Balaban J connectivity index is 1.68. The standard InChI is InChI=1S/C23H26N4O2/c1-3-16-8-10-17(11-9-16)14-26(18-12-13-18)15-27-23(29)20-7-5-4-6-19(20)21(25-27)22(28)24-2/h4-11,18H,3,12-15H2,1-2H3,(H,24,28). The molecule has 0 atom stereocenters. The number of aryl methyl sites for hydroxylation is 1. The summed E-state index contributed by atoms with van der Waals surface area (Å²) in [7, 11) is 1.57.